The third-order valence-electron chi connectivity index (χ3n) is 3.14. The lowest BCUT2D eigenvalue weighted by Gasteiger charge is -2.08. The van der Waals surface area contributed by atoms with Crippen LogP contribution in [0.3, 0.4) is 0 Å². The predicted molar refractivity (Wildman–Crippen MR) is 85.4 cm³/mol. The Kier molecular flexibility index (Phi) is 5.56. The van der Waals surface area contributed by atoms with Crippen LogP contribution in [0.2, 0.25) is 0 Å². The molecule has 0 heterocycles. The van der Waals surface area contributed by atoms with Gasteiger partial charge in [-0.15, -0.1) is 0 Å². The SMILES string of the molecule is CCCNC(=O)COc1ccc(-c2ccc(C#N)cc2)cc1. The molecule has 4 nitrogen and oxygen atoms in total. The molecule has 0 fully saturated rings. The van der Waals surface area contributed by atoms with Crippen molar-refractivity contribution in [3.63, 3.8) is 0 Å². The fourth-order valence-corrected chi connectivity index (χ4v) is 1.95. The van der Waals surface area contributed by atoms with E-state index >= 15 is 0 Å². The van der Waals surface area contributed by atoms with Gasteiger partial charge in [0.25, 0.3) is 5.91 Å². The van der Waals surface area contributed by atoms with Crippen LogP contribution in [-0.4, -0.2) is 19.1 Å². The molecule has 0 aromatic heterocycles. The summed E-state index contributed by atoms with van der Waals surface area (Å²) >= 11 is 0. The smallest absolute Gasteiger partial charge is 0.257 e. The molecule has 0 aliphatic rings. The van der Waals surface area contributed by atoms with Crippen LogP contribution in [0, 0.1) is 11.3 Å². The highest BCUT2D eigenvalue weighted by Crippen LogP contribution is 2.22. The quantitative estimate of drug-likeness (QED) is 0.890. The number of rotatable bonds is 6. The van der Waals surface area contributed by atoms with E-state index < -0.39 is 0 Å². The van der Waals surface area contributed by atoms with Crippen LogP contribution in [0.4, 0.5) is 0 Å². The molecule has 0 radical (unpaired) electrons. The van der Waals surface area contributed by atoms with E-state index in [1.54, 1.807) is 12.1 Å². The molecule has 2 rings (SSSR count). The van der Waals surface area contributed by atoms with Gasteiger partial charge >= 0.3 is 0 Å². The molecule has 112 valence electrons. The second kappa shape index (κ2) is 7.84. The van der Waals surface area contributed by atoms with E-state index in [1.807, 2.05) is 43.3 Å². The number of hydrogen-bond donors (Lipinski definition) is 1. The molecule has 0 saturated heterocycles. The summed E-state index contributed by atoms with van der Waals surface area (Å²) in [4.78, 5) is 11.5. The maximum Gasteiger partial charge on any atom is 0.257 e. The van der Waals surface area contributed by atoms with Gasteiger partial charge in [0.2, 0.25) is 0 Å². The summed E-state index contributed by atoms with van der Waals surface area (Å²) in [5.41, 5.74) is 2.71. The fourth-order valence-electron chi connectivity index (χ4n) is 1.95. The predicted octanol–water partition coefficient (Wildman–Crippen LogP) is 3.13. The highest BCUT2D eigenvalue weighted by atomic mass is 16.5. The Hall–Kier alpha value is -2.80. The van der Waals surface area contributed by atoms with Crippen molar-refractivity contribution in [2.24, 2.45) is 0 Å². The molecule has 22 heavy (non-hydrogen) atoms. The van der Waals surface area contributed by atoms with Gasteiger partial charge in [-0.05, 0) is 41.8 Å². The first-order chi connectivity index (χ1) is 10.7. The highest BCUT2D eigenvalue weighted by Gasteiger charge is 2.03. The summed E-state index contributed by atoms with van der Waals surface area (Å²) in [5, 5.41) is 11.6. The lowest BCUT2D eigenvalue weighted by Crippen LogP contribution is -2.29. The largest absolute Gasteiger partial charge is 0.484 e. The topological polar surface area (TPSA) is 62.1 Å². The van der Waals surface area contributed by atoms with Gasteiger partial charge < -0.3 is 10.1 Å². The number of hydrogen-bond acceptors (Lipinski definition) is 3. The number of ether oxygens (including phenoxy) is 1. The Bertz CT molecular complexity index is 655. The van der Waals surface area contributed by atoms with Gasteiger partial charge in [0.1, 0.15) is 5.75 Å². The summed E-state index contributed by atoms with van der Waals surface area (Å²) in [7, 11) is 0. The molecule has 2 aromatic rings. The van der Waals surface area contributed by atoms with Gasteiger partial charge in [0.05, 0.1) is 11.6 Å². The minimum Gasteiger partial charge on any atom is -0.484 e. The van der Waals surface area contributed by atoms with Gasteiger partial charge in [-0.25, -0.2) is 0 Å². The molecule has 4 heteroatoms. The van der Waals surface area contributed by atoms with Crippen molar-refractivity contribution < 1.29 is 9.53 Å². The van der Waals surface area contributed by atoms with E-state index in [0.29, 0.717) is 17.9 Å². The number of nitriles is 1. The lowest BCUT2D eigenvalue weighted by molar-refractivity contribution is -0.123. The van der Waals surface area contributed by atoms with Crippen LogP contribution in [0.5, 0.6) is 5.75 Å². The van der Waals surface area contributed by atoms with Crippen molar-refractivity contribution in [2.45, 2.75) is 13.3 Å². The van der Waals surface area contributed by atoms with Crippen LogP contribution in [0.1, 0.15) is 18.9 Å². The van der Waals surface area contributed by atoms with E-state index in [2.05, 4.69) is 11.4 Å². The Labute approximate surface area is 130 Å². The molecule has 2 aromatic carbocycles. The molecule has 0 aliphatic carbocycles. The average Bonchev–Trinajstić information content (AvgIpc) is 2.58. The van der Waals surface area contributed by atoms with E-state index in [4.69, 9.17) is 10.00 Å². The van der Waals surface area contributed by atoms with Crippen LogP contribution in [-0.2, 0) is 4.79 Å². The summed E-state index contributed by atoms with van der Waals surface area (Å²) in [6.07, 6.45) is 0.908. The van der Waals surface area contributed by atoms with Gasteiger partial charge in [-0.3, -0.25) is 4.79 Å². The van der Waals surface area contributed by atoms with Gasteiger partial charge in [-0.2, -0.15) is 5.26 Å². The number of amides is 1. The van der Waals surface area contributed by atoms with E-state index in [9.17, 15) is 4.79 Å². The molecule has 1 N–H and O–H groups in total. The van der Waals surface area contributed by atoms with Crippen molar-refractivity contribution >= 4 is 5.91 Å². The molecular weight excluding hydrogens is 276 g/mol. The van der Waals surface area contributed by atoms with Gasteiger partial charge in [0, 0.05) is 6.54 Å². The number of benzene rings is 2. The van der Waals surface area contributed by atoms with Crippen LogP contribution in [0.15, 0.2) is 48.5 Å². The third kappa shape index (κ3) is 4.35. The molecule has 0 aliphatic heterocycles. The maximum atomic E-state index is 11.5. The third-order valence-corrected chi connectivity index (χ3v) is 3.14. The molecule has 0 bridgehead atoms. The first-order valence-electron chi connectivity index (χ1n) is 7.23. The number of nitrogens with zero attached hydrogens (tertiary/aromatic N) is 1. The van der Waals surface area contributed by atoms with Gasteiger partial charge in [-0.1, -0.05) is 31.2 Å². The Morgan fingerprint density at radius 1 is 1.09 bits per heavy atom. The van der Waals surface area contributed by atoms with Crippen LogP contribution >= 0.6 is 0 Å². The Balaban J connectivity index is 1.95. The zero-order valence-electron chi connectivity index (χ0n) is 12.5. The summed E-state index contributed by atoms with van der Waals surface area (Å²) in [6, 6.07) is 17.0. The average molecular weight is 294 g/mol. The molecular formula is C18H18N2O2. The summed E-state index contributed by atoms with van der Waals surface area (Å²) in [5.74, 6) is 0.544. The Morgan fingerprint density at radius 3 is 2.23 bits per heavy atom. The molecule has 0 atom stereocenters. The number of carbonyl (C=O) groups is 1. The minimum absolute atomic E-state index is 0.0240. The maximum absolute atomic E-state index is 11.5. The summed E-state index contributed by atoms with van der Waals surface area (Å²) in [6.45, 7) is 2.69. The first-order valence-corrected chi connectivity index (χ1v) is 7.23. The highest BCUT2D eigenvalue weighted by molar-refractivity contribution is 5.77. The second-order valence-corrected chi connectivity index (χ2v) is 4.85. The molecule has 1 amide bonds. The van der Waals surface area contributed by atoms with Gasteiger partial charge in [0.15, 0.2) is 6.61 Å². The van der Waals surface area contributed by atoms with Crippen molar-refractivity contribution in [1.82, 2.24) is 5.32 Å². The zero-order valence-corrected chi connectivity index (χ0v) is 12.5. The monoisotopic (exact) mass is 294 g/mol. The van der Waals surface area contributed by atoms with Crippen molar-refractivity contribution in [2.75, 3.05) is 13.2 Å². The summed E-state index contributed by atoms with van der Waals surface area (Å²) < 4.78 is 5.44. The minimum atomic E-state index is -0.113. The fraction of sp³-hybridized carbons (Fsp3) is 0.222. The van der Waals surface area contributed by atoms with E-state index in [-0.39, 0.29) is 12.5 Å². The van der Waals surface area contributed by atoms with Crippen molar-refractivity contribution in [1.29, 1.82) is 5.26 Å². The number of nitrogens with one attached hydrogen (secondary N) is 1. The van der Waals surface area contributed by atoms with E-state index in [0.717, 1.165) is 17.5 Å². The Morgan fingerprint density at radius 2 is 1.68 bits per heavy atom. The van der Waals surface area contributed by atoms with Crippen molar-refractivity contribution in [3.8, 4) is 22.9 Å². The van der Waals surface area contributed by atoms with E-state index in [1.165, 1.54) is 0 Å². The molecule has 0 saturated carbocycles. The normalized spacial score (nSPS) is 9.82. The molecule has 0 unspecified atom stereocenters. The van der Waals surface area contributed by atoms with Crippen LogP contribution < -0.4 is 10.1 Å². The second-order valence-electron chi connectivity index (χ2n) is 4.85. The number of carbonyl (C=O) groups excluding carboxylic acids is 1. The lowest BCUT2D eigenvalue weighted by atomic mass is 10.0. The standard InChI is InChI=1S/C18H18N2O2/c1-2-11-20-18(21)13-22-17-9-7-16(8-10-17)15-5-3-14(12-19)4-6-15/h3-10H,2,11,13H2,1H3,(H,20,21). The van der Waals surface area contributed by atoms with Crippen molar-refractivity contribution in [3.05, 3.63) is 54.1 Å². The first kappa shape index (κ1) is 15.6. The molecule has 0 spiro atoms. The van der Waals surface area contributed by atoms with Crippen LogP contribution in [0.25, 0.3) is 11.1 Å². The zero-order chi connectivity index (χ0) is 15.8.